The van der Waals surface area contributed by atoms with Crippen LogP contribution < -0.4 is 10.1 Å². The van der Waals surface area contributed by atoms with E-state index < -0.39 is 29.6 Å². The van der Waals surface area contributed by atoms with Crippen LogP contribution in [0.3, 0.4) is 0 Å². The molecular weight excluding hydrogens is 530 g/mol. The van der Waals surface area contributed by atoms with Gasteiger partial charge in [0.1, 0.15) is 5.75 Å². The van der Waals surface area contributed by atoms with Crippen LogP contribution in [0.1, 0.15) is 75.2 Å². The van der Waals surface area contributed by atoms with Crippen molar-refractivity contribution in [2.24, 2.45) is 5.92 Å². The van der Waals surface area contributed by atoms with Crippen molar-refractivity contribution in [1.82, 2.24) is 15.2 Å². The number of fused-ring (bicyclic) bond motifs is 1. The highest BCUT2D eigenvalue weighted by atomic mass is 16.5. The summed E-state index contributed by atoms with van der Waals surface area (Å²) >= 11 is 0. The molecule has 0 spiro atoms. The minimum absolute atomic E-state index is 0.224. The first-order valence-electron chi connectivity index (χ1n) is 15.0. The molecule has 0 bridgehead atoms. The minimum Gasteiger partial charge on any atom is -0.494 e. The van der Waals surface area contributed by atoms with Crippen LogP contribution in [0.5, 0.6) is 5.75 Å². The van der Waals surface area contributed by atoms with Crippen LogP contribution in [0.4, 0.5) is 0 Å². The fraction of sp³-hybridized carbons (Fsp3) is 0.441. The Bertz CT molecular complexity index is 1360. The monoisotopic (exact) mass is 571 g/mol. The van der Waals surface area contributed by atoms with E-state index in [1.807, 2.05) is 54.6 Å². The quantitative estimate of drug-likeness (QED) is 0.318. The van der Waals surface area contributed by atoms with E-state index >= 15 is 0 Å². The van der Waals surface area contributed by atoms with E-state index in [9.17, 15) is 19.8 Å². The van der Waals surface area contributed by atoms with Crippen molar-refractivity contribution in [1.29, 1.82) is 0 Å². The number of aliphatic hydroxyl groups excluding tert-OH is 1. The number of amides is 2. The van der Waals surface area contributed by atoms with Gasteiger partial charge >= 0.3 is 0 Å². The van der Waals surface area contributed by atoms with Crippen molar-refractivity contribution in [2.45, 2.75) is 83.2 Å². The Kier molecular flexibility index (Phi) is 9.24. The Balaban J connectivity index is 1.15. The second-order valence-electron chi connectivity index (χ2n) is 11.8. The lowest BCUT2D eigenvalue weighted by Crippen LogP contribution is -2.58. The first-order chi connectivity index (χ1) is 20.2. The third-order valence-electron chi connectivity index (χ3n) is 8.67. The maximum absolute atomic E-state index is 13.0. The van der Waals surface area contributed by atoms with Gasteiger partial charge in [-0.1, -0.05) is 74.6 Å². The number of nitrogens with zero attached hydrogens (tertiary/aromatic N) is 2. The SMILES string of the molecule is C[C@@H](NC(=O)[C@](C)(O)[C@@H](O)C(=O)N1Cc2cccnc2C1)c1ccc(-c2cccc(OCCC3CCCCC3)c2)cc1. The first kappa shape index (κ1) is 29.7. The van der Waals surface area contributed by atoms with Crippen molar-refractivity contribution in [3.05, 3.63) is 83.7 Å². The summed E-state index contributed by atoms with van der Waals surface area (Å²) < 4.78 is 6.07. The molecule has 1 fully saturated rings. The number of aliphatic hydroxyl groups is 2. The molecule has 8 nitrogen and oxygen atoms in total. The van der Waals surface area contributed by atoms with Crippen LogP contribution >= 0.6 is 0 Å². The van der Waals surface area contributed by atoms with Crippen molar-refractivity contribution in [3.8, 4) is 16.9 Å². The molecule has 3 N–H and O–H groups in total. The van der Waals surface area contributed by atoms with Gasteiger partial charge in [0.2, 0.25) is 0 Å². The number of nitrogens with one attached hydrogen (secondary N) is 1. The Morgan fingerprint density at radius 1 is 1.05 bits per heavy atom. The van der Waals surface area contributed by atoms with E-state index in [0.29, 0.717) is 0 Å². The van der Waals surface area contributed by atoms with Crippen molar-refractivity contribution in [2.75, 3.05) is 6.61 Å². The van der Waals surface area contributed by atoms with Crippen molar-refractivity contribution < 1.29 is 24.5 Å². The minimum atomic E-state index is -2.31. The molecule has 8 heteroatoms. The average molecular weight is 572 g/mol. The van der Waals surface area contributed by atoms with Gasteiger partial charge in [-0.3, -0.25) is 14.6 Å². The lowest BCUT2D eigenvalue weighted by Gasteiger charge is -2.31. The molecule has 0 radical (unpaired) electrons. The highest BCUT2D eigenvalue weighted by Crippen LogP contribution is 2.29. The van der Waals surface area contributed by atoms with Gasteiger partial charge in [0, 0.05) is 12.7 Å². The number of benzene rings is 2. The van der Waals surface area contributed by atoms with Gasteiger partial charge in [-0.05, 0) is 66.6 Å². The first-order valence-corrected chi connectivity index (χ1v) is 15.0. The molecule has 5 rings (SSSR count). The molecule has 2 aliphatic rings. The molecule has 2 amide bonds. The maximum Gasteiger partial charge on any atom is 0.255 e. The number of aromatic nitrogens is 1. The lowest BCUT2D eigenvalue weighted by molar-refractivity contribution is -0.166. The summed E-state index contributed by atoms with van der Waals surface area (Å²) in [6.45, 7) is 4.18. The number of carbonyl (C=O) groups excluding carboxylic acids is 2. The largest absolute Gasteiger partial charge is 0.494 e. The third-order valence-corrected chi connectivity index (χ3v) is 8.67. The summed E-state index contributed by atoms with van der Waals surface area (Å²) in [6, 6.07) is 19.1. The number of hydrogen-bond donors (Lipinski definition) is 3. The summed E-state index contributed by atoms with van der Waals surface area (Å²) in [5.41, 5.74) is 2.19. The molecule has 3 aromatic rings. The molecule has 0 saturated heterocycles. The molecule has 1 aliphatic heterocycles. The molecule has 1 aromatic heterocycles. The van der Waals surface area contributed by atoms with Crippen LogP contribution in [0.15, 0.2) is 66.9 Å². The molecule has 0 unspecified atom stereocenters. The standard InChI is InChI=1S/C34H41N3O5/c1-23(36-33(40)34(2,41)31(38)32(39)37-21-28-11-7-18-35-30(28)22-37)25-13-15-26(16-14-25)27-10-6-12-29(20-27)42-19-17-24-8-4-3-5-9-24/h6-7,10-16,18,20,23-24,31,38,41H,3-5,8-9,17,19,21-22H2,1-2H3,(H,36,40)/t23-,31+,34-/m1/s1. The Morgan fingerprint density at radius 2 is 1.81 bits per heavy atom. The normalized spacial score (nSPS) is 18.0. The number of ether oxygens (including phenoxy) is 1. The summed E-state index contributed by atoms with van der Waals surface area (Å²) in [5, 5.41) is 24.4. The number of rotatable bonds is 10. The lowest BCUT2D eigenvalue weighted by atomic mass is 9.87. The molecule has 222 valence electrons. The Labute approximate surface area is 247 Å². The zero-order chi connectivity index (χ0) is 29.7. The van der Waals surface area contributed by atoms with Gasteiger partial charge in [0.15, 0.2) is 11.7 Å². The summed E-state index contributed by atoms with van der Waals surface area (Å²) in [7, 11) is 0. The number of pyridine rings is 1. The second-order valence-corrected chi connectivity index (χ2v) is 11.8. The summed E-state index contributed by atoms with van der Waals surface area (Å²) in [6.07, 6.45) is 7.50. The molecule has 2 aromatic carbocycles. The predicted octanol–water partition coefficient (Wildman–Crippen LogP) is 4.93. The van der Waals surface area contributed by atoms with E-state index in [-0.39, 0.29) is 13.1 Å². The molecule has 3 atom stereocenters. The zero-order valence-electron chi connectivity index (χ0n) is 24.5. The van der Waals surface area contributed by atoms with Crippen LogP contribution in [0.25, 0.3) is 11.1 Å². The maximum atomic E-state index is 13.0. The highest BCUT2D eigenvalue weighted by Gasteiger charge is 2.45. The van der Waals surface area contributed by atoms with Crippen LogP contribution in [0, 0.1) is 5.92 Å². The van der Waals surface area contributed by atoms with Gasteiger partial charge in [-0.15, -0.1) is 0 Å². The average Bonchev–Trinajstić information content (AvgIpc) is 3.45. The van der Waals surface area contributed by atoms with E-state index in [0.717, 1.165) is 59.6 Å². The Hall–Kier alpha value is -3.75. The van der Waals surface area contributed by atoms with Crippen LogP contribution in [-0.2, 0) is 22.7 Å². The van der Waals surface area contributed by atoms with E-state index in [4.69, 9.17) is 4.74 Å². The third kappa shape index (κ3) is 6.82. The van der Waals surface area contributed by atoms with Gasteiger partial charge in [-0.2, -0.15) is 0 Å². The van der Waals surface area contributed by atoms with E-state index in [1.165, 1.54) is 37.0 Å². The molecule has 1 aliphatic carbocycles. The molecular formula is C34H41N3O5. The number of hydrogen-bond acceptors (Lipinski definition) is 6. The van der Waals surface area contributed by atoms with Crippen molar-refractivity contribution in [3.63, 3.8) is 0 Å². The van der Waals surface area contributed by atoms with Gasteiger partial charge in [-0.25, -0.2) is 0 Å². The molecule has 2 heterocycles. The highest BCUT2D eigenvalue weighted by molar-refractivity contribution is 5.94. The topological polar surface area (TPSA) is 112 Å². The summed E-state index contributed by atoms with van der Waals surface area (Å²) in [5.74, 6) is 0.0977. The fourth-order valence-electron chi connectivity index (χ4n) is 5.87. The zero-order valence-corrected chi connectivity index (χ0v) is 24.5. The second kappa shape index (κ2) is 13.0. The van der Waals surface area contributed by atoms with Crippen molar-refractivity contribution >= 4 is 11.8 Å². The molecule has 1 saturated carbocycles. The predicted molar refractivity (Wildman–Crippen MR) is 160 cm³/mol. The van der Waals surface area contributed by atoms with Crippen LogP contribution in [0.2, 0.25) is 0 Å². The molecule has 42 heavy (non-hydrogen) atoms. The summed E-state index contributed by atoms with van der Waals surface area (Å²) in [4.78, 5) is 31.6. The van der Waals surface area contributed by atoms with Gasteiger partial charge < -0.3 is 25.2 Å². The number of carbonyl (C=O) groups is 2. The van der Waals surface area contributed by atoms with E-state index in [2.05, 4.69) is 10.3 Å². The van der Waals surface area contributed by atoms with Gasteiger partial charge in [0.05, 0.1) is 24.9 Å². The Morgan fingerprint density at radius 3 is 2.55 bits per heavy atom. The van der Waals surface area contributed by atoms with Crippen LogP contribution in [-0.4, -0.2) is 50.2 Å². The van der Waals surface area contributed by atoms with E-state index in [1.54, 1.807) is 19.2 Å². The fourth-order valence-corrected chi connectivity index (χ4v) is 5.87. The smallest absolute Gasteiger partial charge is 0.255 e. The van der Waals surface area contributed by atoms with Gasteiger partial charge in [0.25, 0.3) is 11.8 Å².